The molecule has 15 heteroatoms. The van der Waals surface area contributed by atoms with E-state index in [2.05, 4.69) is 27.3 Å². The maximum atomic E-state index is 14.9. The Balaban J connectivity index is 0.00000261. The Bertz CT molecular complexity index is 2030. The topological polar surface area (TPSA) is 182 Å². The fourth-order valence-corrected chi connectivity index (χ4v) is 9.88. The van der Waals surface area contributed by atoms with Crippen molar-refractivity contribution in [1.82, 2.24) is 25.2 Å². The second-order valence-corrected chi connectivity index (χ2v) is 19.9. The van der Waals surface area contributed by atoms with Gasteiger partial charge in [-0.15, -0.1) is 0 Å². The molecule has 59 heavy (non-hydrogen) atoms. The van der Waals surface area contributed by atoms with Crippen molar-refractivity contribution < 1.29 is 46.1 Å². The van der Waals surface area contributed by atoms with Gasteiger partial charge in [0.1, 0.15) is 29.3 Å². The lowest BCUT2D eigenvalue weighted by Gasteiger charge is -2.33. The lowest BCUT2D eigenvalue weighted by Crippen LogP contribution is -2.59. The molecule has 3 fully saturated rings. The van der Waals surface area contributed by atoms with Crippen LogP contribution in [0.15, 0.2) is 42.5 Å². The Morgan fingerprint density at radius 3 is 2.44 bits per heavy atom. The van der Waals surface area contributed by atoms with E-state index in [0.717, 1.165) is 11.8 Å². The SMILES string of the molecule is CC.CCC1(S(=O)(=O)NC(=O)[C@@]23C[C@H]2/C=C\CC[C@@H](C)C[C@@H](C)[C@H](NC(=O)OC(C)(C)C)C(=O)N2C[C@H](Oc4nc(OC(C)C)cc5ccccc45)C[C@H]2C(=O)N3)CC1.[HH].[HH].[HH]. The number of sulfonamides is 1. The summed E-state index contributed by atoms with van der Waals surface area (Å²) in [6.07, 6.45) is 5.75. The van der Waals surface area contributed by atoms with Crippen molar-refractivity contribution >= 4 is 44.6 Å². The molecular weight excluding hydrogens is 775 g/mol. The molecular formula is C44H71N5O9S. The number of alkyl carbamates (subject to hydrolysis) is 1. The van der Waals surface area contributed by atoms with Gasteiger partial charge in [-0.1, -0.05) is 65.0 Å². The highest BCUT2D eigenvalue weighted by Gasteiger charge is 2.63. The fourth-order valence-electron chi connectivity index (χ4n) is 8.22. The third-order valence-electron chi connectivity index (χ3n) is 11.7. The molecule has 332 valence electrons. The van der Waals surface area contributed by atoms with Gasteiger partial charge in [0.2, 0.25) is 33.6 Å². The van der Waals surface area contributed by atoms with E-state index in [9.17, 15) is 27.6 Å². The van der Waals surface area contributed by atoms with E-state index in [1.807, 2.05) is 77.1 Å². The lowest BCUT2D eigenvalue weighted by molar-refractivity contribution is -0.142. The van der Waals surface area contributed by atoms with E-state index in [1.165, 1.54) is 4.90 Å². The number of carbonyl (C=O) groups is 4. The fraction of sp³-hybridized carbons (Fsp3) is 0.659. The zero-order valence-corrected chi connectivity index (χ0v) is 37.2. The Labute approximate surface area is 354 Å². The molecule has 6 rings (SSSR count). The minimum atomic E-state index is -4.02. The Morgan fingerprint density at radius 1 is 1.10 bits per heavy atom. The minimum Gasteiger partial charge on any atom is -0.475 e. The molecule has 0 spiro atoms. The number of nitrogens with one attached hydrogen (secondary N) is 3. The van der Waals surface area contributed by atoms with E-state index in [-0.39, 0.29) is 47.5 Å². The van der Waals surface area contributed by atoms with Crippen molar-refractivity contribution in [1.29, 1.82) is 0 Å². The molecule has 4 aliphatic rings. The third-order valence-corrected chi connectivity index (χ3v) is 13.9. The number of hydrogen-bond acceptors (Lipinski definition) is 10. The first-order chi connectivity index (χ1) is 27.8. The van der Waals surface area contributed by atoms with Gasteiger partial charge in [-0.25, -0.2) is 13.2 Å². The molecule has 2 aromatic rings. The molecule has 14 nitrogen and oxygen atoms in total. The van der Waals surface area contributed by atoms with Crippen LogP contribution in [0.4, 0.5) is 4.79 Å². The summed E-state index contributed by atoms with van der Waals surface area (Å²) < 4.78 is 46.3. The van der Waals surface area contributed by atoms with Crippen LogP contribution in [0.25, 0.3) is 10.8 Å². The van der Waals surface area contributed by atoms with Gasteiger partial charge in [0.25, 0.3) is 5.91 Å². The van der Waals surface area contributed by atoms with Crippen molar-refractivity contribution in [2.75, 3.05) is 6.54 Å². The zero-order valence-electron chi connectivity index (χ0n) is 36.4. The summed E-state index contributed by atoms with van der Waals surface area (Å²) in [5, 5.41) is 7.30. The van der Waals surface area contributed by atoms with Gasteiger partial charge in [0.15, 0.2) is 0 Å². The van der Waals surface area contributed by atoms with Gasteiger partial charge >= 0.3 is 6.09 Å². The molecule has 2 aliphatic carbocycles. The van der Waals surface area contributed by atoms with Gasteiger partial charge in [0, 0.05) is 28.1 Å². The summed E-state index contributed by atoms with van der Waals surface area (Å²) in [5.74, 6) is -1.94. The molecule has 7 atom stereocenters. The molecule has 3 N–H and O–H groups in total. The van der Waals surface area contributed by atoms with E-state index < -0.39 is 73.8 Å². The molecule has 1 saturated heterocycles. The number of amides is 4. The van der Waals surface area contributed by atoms with Crippen LogP contribution in [0.3, 0.4) is 0 Å². The van der Waals surface area contributed by atoms with E-state index in [1.54, 1.807) is 27.7 Å². The van der Waals surface area contributed by atoms with Crippen LogP contribution in [-0.2, 0) is 29.1 Å². The van der Waals surface area contributed by atoms with E-state index >= 15 is 0 Å². The molecule has 1 aromatic heterocycles. The number of fused-ring (bicyclic) bond motifs is 3. The van der Waals surface area contributed by atoms with Crippen LogP contribution >= 0.6 is 0 Å². The number of pyridine rings is 1. The molecule has 0 bridgehead atoms. The van der Waals surface area contributed by atoms with Crippen LogP contribution in [0.1, 0.15) is 125 Å². The Hall–Kier alpha value is -4.40. The number of hydrogen-bond donors (Lipinski definition) is 3. The van der Waals surface area contributed by atoms with Gasteiger partial charge in [-0.3, -0.25) is 19.1 Å². The Kier molecular flexibility index (Phi) is 14.0. The second-order valence-electron chi connectivity index (χ2n) is 17.8. The summed E-state index contributed by atoms with van der Waals surface area (Å²) in [6, 6.07) is 7.17. The molecule has 0 unspecified atom stereocenters. The largest absolute Gasteiger partial charge is 0.475 e. The number of benzene rings is 1. The molecule has 2 aliphatic heterocycles. The van der Waals surface area contributed by atoms with Crippen LogP contribution in [0.5, 0.6) is 11.8 Å². The molecule has 2 saturated carbocycles. The quantitative estimate of drug-likeness (QED) is 0.217. The molecule has 4 amide bonds. The Morgan fingerprint density at radius 2 is 1.80 bits per heavy atom. The maximum Gasteiger partial charge on any atom is 0.408 e. The summed E-state index contributed by atoms with van der Waals surface area (Å²) >= 11 is 0. The summed E-state index contributed by atoms with van der Waals surface area (Å²) in [7, 11) is -4.02. The predicted molar refractivity (Wildman–Crippen MR) is 233 cm³/mol. The van der Waals surface area contributed by atoms with Crippen molar-refractivity contribution in [2.45, 2.75) is 161 Å². The summed E-state index contributed by atoms with van der Waals surface area (Å²) in [4.78, 5) is 62.9. The van der Waals surface area contributed by atoms with Crippen molar-refractivity contribution in [3.63, 3.8) is 0 Å². The van der Waals surface area contributed by atoms with Crippen molar-refractivity contribution in [3.8, 4) is 11.8 Å². The minimum absolute atomic E-state index is 0. The zero-order chi connectivity index (χ0) is 43.5. The van der Waals surface area contributed by atoms with Crippen LogP contribution in [0.2, 0.25) is 0 Å². The molecule has 0 radical (unpaired) electrons. The standard InChI is InChI=1S/C42H59N5O9S.C2H6.3H2/c1-9-41(18-19-41)57(52,53)46-38(50)42-23-29(42)16-12-10-14-26(4)20-27(5)34(44-39(51)56-40(6,7)8)37(49)47-24-30(22-32(47)35(48)45-42)55-36-31-17-13-11-15-28(31)21-33(43-36)54-25(2)3;1-2;;;/h11-13,15-17,21,25-27,29-30,32,34H,9-10,14,18-20,22-24H2,1-8H3,(H,44,51)(H,45,48)(H,46,50);1-2H3;3*1H/b16-12-;;;;/t26-,27-,29-,30-,32+,34+,42-;;;;/m1..../s1. The van der Waals surface area contributed by atoms with Crippen molar-refractivity contribution in [2.24, 2.45) is 17.8 Å². The maximum absolute atomic E-state index is 14.9. The number of allylic oxidation sites excluding steroid dienone is 1. The first-order valence-corrected chi connectivity index (χ1v) is 22.8. The smallest absolute Gasteiger partial charge is 0.408 e. The van der Waals surface area contributed by atoms with Crippen LogP contribution < -0.4 is 24.8 Å². The number of carbonyl (C=O) groups excluding carboxylic acids is 4. The number of rotatable bonds is 9. The highest BCUT2D eigenvalue weighted by Crippen LogP contribution is 2.49. The molecule has 1 aromatic carbocycles. The highest BCUT2D eigenvalue weighted by atomic mass is 32.2. The first-order valence-electron chi connectivity index (χ1n) is 21.3. The van der Waals surface area contributed by atoms with E-state index in [4.69, 9.17) is 14.2 Å². The number of ether oxygens (including phenoxy) is 3. The average Bonchev–Trinajstić information content (AvgIpc) is 4.06. The third kappa shape index (κ3) is 10.5. The normalized spacial score (nSPS) is 28.6. The summed E-state index contributed by atoms with van der Waals surface area (Å²) in [6.45, 7) is 18.7. The number of aromatic nitrogens is 1. The van der Waals surface area contributed by atoms with Gasteiger partial charge < -0.3 is 29.7 Å². The van der Waals surface area contributed by atoms with Crippen LogP contribution in [0, 0.1) is 17.8 Å². The second kappa shape index (κ2) is 18.1. The van der Waals surface area contributed by atoms with Gasteiger partial charge in [0.05, 0.1) is 17.4 Å². The molecule has 3 heterocycles. The predicted octanol–water partition coefficient (Wildman–Crippen LogP) is 7.30. The summed E-state index contributed by atoms with van der Waals surface area (Å²) in [5.41, 5.74) is -2.36. The van der Waals surface area contributed by atoms with E-state index in [0.29, 0.717) is 43.4 Å². The highest BCUT2D eigenvalue weighted by molar-refractivity contribution is 7.91. The van der Waals surface area contributed by atoms with Gasteiger partial charge in [-0.05, 0) is 103 Å². The first kappa shape index (κ1) is 45.7. The van der Waals surface area contributed by atoms with Crippen molar-refractivity contribution in [3.05, 3.63) is 42.5 Å². The average molecular weight is 846 g/mol. The van der Waals surface area contributed by atoms with Gasteiger partial charge in [-0.2, -0.15) is 4.98 Å². The number of nitrogens with zero attached hydrogens (tertiary/aromatic N) is 2. The lowest BCUT2D eigenvalue weighted by atomic mass is 9.88. The monoisotopic (exact) mass is 845 g/mol. The van der Waals surface area contributed by atoms with Crippen LogP contribution in [-0.4, -0.2) is 88.8 Å².